The smallest absolute Gasteiger partial charge is 0.265 e. The third-order valence-corrected chi connectivity index (χ3v) is 4.62. The monoisotopic (exact) mass is 365 g/mol. The van der Waals surface area contributed by atoms with Crippen LogP contribution >= 0.6 is 0 Å². The molecule has 5 rings (SSSR count). The van der Waals surface area contributed by atoms with Crippen LogP contribution < -0.4 is 9.47 Å². The summed E-state index contributed by atoms with van der Waals surface area (Å²) in [7, 11) is 0. The SMILES string of the molecule is O=C1c2c(c(O)c3nnccc3c2O)C(=O)N1Cc1ccc2c(c1)OCO2. The van der Waals surface area contributed by atoms with E-state index in [1.807, 2.05) is 0 Å². The molecule has 0 unspecified atom stereocenters. The summed E-state index contributed by atoms with van der Waals surface area (Å²) in [6.45, 7) is 0.0606. The second kappa shape index (κ2) is 5.31. The van der Waals surface area contributed by atoms with Gasteiger partial charge in [0.05, 0.1) is 23.7 Å². The van der Waals surface area contributed by atoms with Crippen molar-refractivity contribution in [2.45, 2.75) is 6.54 Å². The number of hydrogen-bond acceptors (Lipinski definition) is 8. The number of carbonyl (C=O) groups is 2. The van der Waals surface area contributed by atoms with E-state index in [9.17, 15) is 19.8 Å². The van der Waals surface area contributed by atoms with E-state index in [0.29, 0.717) is 17.1 Å². The number of ether oxygens (including phenoxy) is 2. The highest BCUT2D eigenvalue weighted by Crippen LogP contribution is 2.43. The van der Waals surface area contributed by atoms with Gasteiger partial charge in [0.2, 0.25) is 6.79 Å². The number of aromatic hydroxyl groups is 2. The van der Waals surface area contributed by atoms with E-state index in [1.54, 1.807) is 18.2 Å². The van der Waals surface area contributed by atoms with E-state index in [4.69, 9.17) is 9.47 Å². The molecule has 0 atom stereocenters. The van der Waals surface area contributed by atoms with Gasteiger partial charge in [-0.2, -0.15) is 5.10 Å². The van der Waals surface area contributed by atoms with Crippen molar-refractivity contribution in [2.24, 2.45) is 0 Å². The minimum atomic E-state index is -0.715. The van der Waals surface area contributed by atoms with Crippen molar-refractivity contribution in [1.29, 1.82) is 0 Å². The van der Waals surface area contributed by atoms with Crippen molar-refractivity contribution >= 4 is 22.7 Å². The zero-order valence-corrected chi connectivity index (χ0v) is 13.7. The molecule has 2 aliphatic rings. The Hall–Kier alpha value is -3.88. The van der Waals surface area contributed by atoms with Crippen molar-refractivity contribution in [3.05, 3.63) is 47.2 Å². The summed E-state index contributed by atoms with van der Waals surface area (Å²) in [6.07, 6.45) is 1.32. The number of carbonyl (C=O) groups excluding carboxylic acids is 2. The predicted molar refractivity (Wildman–Crippen MR) is 89.6 cm³/mol. The molecule has 2 N–H and O–H groups in total. The number of fused-ring (bicyclic) bond motifs is 3. The van der Waals surface area contributed by atoms with Crippen molar-refractivity contribution in [3.63, 3.8) is 0 Å². The van der Waals surface area contributed by atoms with Gasteiger partial charge in [-0.15, -0.1) is 5.10 Å². The van der Waals surface area contributed by atoms with Crippen LogP contribution in [0.2, 0.25) is 0 Å². The molecule has 0 bridgehead atoms. The summed E-state index contributed by atoms with van der Waals surface area (Å²) < 4.78 is 10.5. The molecular formula is C18H11N3O6. The number of phenols is 2. The molecular weight excluding hydrogens is 354 g/mol. The van der Waals surface area contributed by atoms with Crippen molar-refractivity contribution in [2.75, 3.05) is 6.79 Å². The van der Waals surface area contributed by atoms with Crippen LogP contribution in [0, 0.1) is 0 Å². The fourth-order valence-electron chi connectivity index (χ4n) is 3.33. The topological polar surface area (TPSA) is 122 Å². The Kier molecular flexibility index (Phi) is 3.02. The summed E-state index contributed by atoms with van der Waals surface area (Å²) in [6, 6.07) is 6.48. The average molecular weight is 365 g/mol. The first-order valence-corrected chi connectivity index (χ1v) is 8.00. The highest BCUT2D eigenvalue weighted by Gasteiger charge is 2.42. The van der Waals surface area contributed by atoms with E-state index in [0.717, 1.165) is 4.90 Å². The lowest BCUT2D eigenvalue weighted by molar-refractivity contribution is 0.0641. The molecule has 3 aromatic rings. The van der Waals surface area contributed by atoms with Crippen LogP contribution in [0.15, 0.2) is 30.5 Å². The van der Waals surface area contributed by atoms with Gasteiger partial charge in [-0.05, 0) is 23.8 Å². The third kappa shape index (κ3) is 2.05. The Balaban J connectivity index is 1.59. The second-order valence-corrected chi connectivity index (χ2v) is 6.12. The lowest BCUT2D eigenvalue weighted by Gasteiger charge is -2.14. The molecule has 0 radical (unpaired) electrons. The molecule has 0 saturated carbocycles. The van der Waals surface area contributed by atoms with Crippen LogP contribution in [0.1, 0.15) is 26.3 Å². The number of nitrogens with zero attached hydrogens (tertiary/aromatic N) is 3. The lowest BCUT2D eigenvalue weighted by atomic mass is 10.0. The molecule has 2 aliphatic heterocycles. The standard InChI is InChI=1S/C18H11N3O6/c22-15-9-3-4-19-20-14(9)16(23)13-12(15)17(24)21(18(13)25)6-8-1-2-10-11(5-8)27-7-26-10/h1-5,22-23H,6-7H2. The number of rotatable bonds is 2. The zero-order valence-electron chi connectivity index (χ0n) is 13.7. The predicted octanol–water partition coefficient (Wildman–Crippen LogP) is 1.57. The number of benzene rings is 2. The quantitative estimate of drug-likeness (QED) is 0.518. The normalized spacial score (nSPS) is 14.9. The Morgan fingerprint density at radius 3 is 2.56 bits per heavy atom. The van der Waals surface area contributed by atoms with Gasteiger partial charge in [-0.3, -0.25) is 14.5 Å². The first-order chi connectivity index (χ1) is 13.1. The van der Waals surface area contributed by atoms with Gasteiger partial charge in [0.25, 0.3) is 11.8 Å². The first kappa shape index (κ1) is 15.4. The summed E-state index contributed by atoms with van der Waals surface area (Å²) in [5.74, 6) is -1.18. The Morgan fingerprint density at radius 1 is 1.00 bits per heavy atom. The van der Waals surface area contributed by atoms with Crippen LogP contribution in [0.25, 0.3) is 10.9 Å². The molecule has 3 heterocycles. The first-order valence-electron chi connectivity index (χ1n) is 8.00. The van der Waals surface area contributed by atoms with E-state index in [1.165, 1.54) is 12.3 Å². The molecule has 0 saturated heterocycles. The molecule has 0 fully saturated rings. The second-order valence-electron chi connectivity index (χ2n) is 6.12. The van der Waals surface area contributed by atoms with Gasteiger partial charge in [0, 0.05) is 0 Å². The fraction of sp³-hybridized carbons (Fsp3) is 0.111. The Morgan fingerprint density at radius 2 is 1.74 bits per heavy atom. The Bertz CT molecular complexity index is 1100. The molecule has 2 amide bonds. The van der Waals surface area contributed by atoms with E-state index in [-0.39, 0.29) is 35.4 Å². The van der Waals surface area contributed by atoms with E-state index >= 15 is 0 Å². The van der Waals surface area contributed by atoms with Gasteiger partial charge in [-0.1, -0.05) is 6.07 Å². The third-order valence-electron chi connectivity index (χ3n) is 4.62. The molecule has 134 valence electrons. The van der Waals surface area contributed by atoms with Crippen molar-refractivity contribution < 1.29 is 29.3 Å². The highest BCUT2D eigenvalue weighted by molar-refractivity contribution is 6.26. The zero-order chi connectivity index (χ0) is 18.7. The summed E-state index contributed by atoms with van der Waals surface area (Å²) in [5.41, 5.74) is 0.0851. The summed E-state index contributed by atoms with van der Waals surface area (Å²) in [4.78, 5) is 26.5. The molecule has 1 aromatic heterocycles. The number of amides is 2. The van der Waals surface area contributed by atoms with Gasteiger partial charge in [0.1, 0.15) is 16.8 Å². The van der Waals surface area contributed by atoms with E-state index in [2.05, 4.69) is 10.2 Å². The minimum Gasteiger partial charge on any atom is -0.506 e. The van der Waals surface area contributed by atoms with Gasteiger partial charge >= 0.3 is 0 Å². The van der Waals surface area contributed by atoms with Crippen molar-refractivity contribution in [1.82, 2.24) is 15.1 Å². The lowest BCUT2D eigenvalue weighted by Crippen LogP contribution is -2.29. The molecule has 2 aromatic carbocycles. The molecule has 0 spiro atoms. The van der Waals surface area contributed by atoms with Crippen LogP contribution in [-0.2, 0) is 6.54 Å². The number of phenolic OH excluding ortho intramolecular Hbond substituents is 2. The highest BCUT2D eigenvalue weighted by atomic mass is 16.7. The van der Waals surface area contributed by atoms with E-state index < -0.39 is 23.3 Å². The summed E-state index contributed by atoms with van der Waals surface area (Å²) in [5, 5.41) is 28.5. The number of hydrogen-bond donors (Lipinski definition) is 2. The van der Waals surface area contributed by atoms with Crippen LogP contribution in [0.5, 0.6) is 23.0 Å². The maximum Gasteiger partial charge on any atom is 0.265 e. The maximum absolute atomic E-state index is 12.8. The molecule has 0 aliphatic carbocycles. The largest absolute Gasteiger partial charge is 0.506 e. The van der Waals surface area contributed by atoms with Crippen LogP contribution in [0.4, 0.5) is 0 Å². The van der Waals surface area contributed by atoms with Gasteiger partial charge in [0.15, 0.2) is 17.2 Å². The molecule has 9 heteroatoms. The maximum atomic E-state index is 12.8. The summed E-state index contributed by atoms with van der Waals surface area (Å²) >= 11 is 0. The molecule has 27 heavy (non-hydrogen) atoms. The average Bonchev–Trinajstić information content (AvgIpc) is 3.24. The minimum absolute atomic E-state index is 0.0418. The Labute approximate surface area is 151 Å². The van der Waals surface area contributed by atoms with Gasteiger partial charge < -0.3 is 19.7 Å². The van der Waals surface area contributed by atoms with Crippen LogP contribution in [-0.4, -0.2) is 43.9 Å². The van der Waals surface area contributed by atoms with Crippen molar-refractivity contribution in [3.8, 4) is 23.0 Å². The fourth-order valence-corrected chi connectivity index (χ4v) is 3.33. The number of aromatic nitrogens is 2. The number of imide groups is 1. The van der Waals surface area contributed by atoms with Gasteiger partial charge in [-0.25, -0.2) is 0 Å². The van der Waals surface area contributed by atoms with Crippen LogP contribution in [0.3, 0.4) is 0 Å². The molecule has 9 nitrogen and oxygen atoms in total.